The minimum atomic E-state index is -0.546. The highest BCUT2D eigenvalue weighted by molar-refractivity contribution is 5.36. The SMILES string of the molecule is CC(C)(CO)Nc1nc(N)nc(-n2cccn2)n1. The molecule has 0 radical (unpaired) electrons. The molecule has 0 aliphatic carbocycles. The Balaban J connectivity index is 2.33. The van der Waals surface area contributed by atoms with E-state index in [4.69, 9.17) is 5.73 Å². The molecule has 2 heterocycles. The summed E-state index contributed by atoms with van der Waals surface area (Å²) in [5, 5.41) is 16.2. The molecule has 4 N–H and O–H groups in total. The molecule has 18 heavy (non-hydrogen) atoms. The summed E-state index contributed by atoms with van der Waals surface area (Å²) in [5.74, 6) is 0.711. The molecule has 0 aliphatic heterocycles. The average Bonchev–Trinajstić information content (AvgIpc) is 2.81. The van der Waals surface area contributed by atoms with E-state index < -0.39 is 5.54 Å². The van der Waals surface area contributed by atoms with Crippen LogP contribution in [0.4, 0.5) is 11.9 Å². The zero-order valence-electron chi connectivity index (χ0n) is 10.2. The van der Waals surface area contributed by atoms with Crippen molar-refractivity contribution in [3.63, 3.8) is 0 Å². The molecule has 0 aliphatic rings. The van der Waals surface area contributed by atoms with Crippen LogP contribution in [0.1, 0.15) is 13.8 Å². The van der Waals surface area contributed by atoms with Crippen molar-refractivity contribution in [1.82, 2.24) is 24.7 Å². The van der Waals surface area contributed by atoms with Gasteiger partial charge in [0.05, 0.1) is 12.1 Å². The first-order valence-corrected chi connectivity index (χ1v) is 5.41. The van der Waals surface area contributed by atoms with Crippen molar-refractivity contribution in [3.05, 3.63) is 18.5 Å². The highest BCUT2D eigenvalue weighted by Crippen LogP contribution is 2.12. The maximum atomic E-state index is 9.20. The van der Waals surface area contributed by atoms with Crippen LogP contribution in [0.2, 0.25) is 0 Å². The van der Waals surface area contributed by atoms with Crippen LogP contribution in [0.3, 0.4) is 0 Å². The minimum absolute atomic E-state index is 0.0598. The monoisotopic (exact) mass is 249 g/mol. The van der Waals surface area contributed by atoms with E-state index in [1.807, 2.05) is 13.8 Å². The quantitative estimate of drug-likeness (QED) is 0.688. The van der Waals surface area contributed by atoms with Gasteiger partial charge in [-0.3, -0.25) is 0 Å². The van der Waals surface area contributed by atoms with E-state index in [-0.39, 0.29) is 12.6 Å². The summed E-state index contributed by atoms with van der Waals surface area (Å²) in [7, 11) is 0. The molecule has 96 valence electrons. The van der Waals surface area contributed by atoms with E-state index in [9.17, 15) is 5.11 Å². The summed E-state index contributed by atoms with van der Waals surface area (Å²) >= 11 is 0. The predicted molar refractivity (Wildman–Crippen MR) is 66.1 cm³/mol. The molecule has 0 saturated carbocycles. The molecule has 2 aromatic rings. The summed E-state index contributed by atoms with van der Waals surface area (Å²) in [5.41, 5.74) is 5.07. The summed E-state index contributed by atoms with van der Waals surface area (Å²) in [6.07, 6.45) is 3.32. The number of nitrogen functional groups attached to an aromatic ring is 1. The van der Waals surface area contributed by atoms with Gasteiger partial charge in [0.1, 0.15) is 0 Å². The lowest BCUT2D eigenvalue weighted by molar-refractivity contribution is 0.233. The van der Waals surface area contributed by atoms with E-state index in [2.05, 4.69) is 25.4 Å². The van der Waals surface area contributed by atoms with E-state index in [0.717, 1.165) is 0 Å². The Bertz CT molecular complexity index is 523. The van der Waals surface area contributed by atoms with Crippen LogP contribution in [0.25, 0.3) is 5.95 Å². The third-order valence-electron chi connectivity index (χ3n) is 2.20. The normalized spacial score (nSPS) is 11.5. The van der Waals surface area contributed by atoms with Crippen molar-refractivity contribution in [2.45, 2.75) is 19.4 Å². The van der Waals surface area contributed by atoms with Gasteiger partial charge < -0.3 is 16.2 Å². The molecule has 0 saturated heterocycles. The lowest BCUT2D eigenvalue weighted by atomic mass is 10.1. The Morgan fingerprint density at radius 1 is 1.39 bits per heavy atom. The van der Waals surface area contributed by atoms with Gasteiger partial charge in [0, 0.05) is 12.4 Å². The fourth-order valence-electron chi connectivity index (χ4n) is 1.27. The Kier molecular flexibility index (Phi) is 3.11. The van der Waals surface area contributed by atoms with Gasteiger partial charge in [-0.2, -0.15) is 20.1 Å². The van der Waals surface area contributed by atoms with Crippen LogP contribution in [-0.4, -0.2) is 42.0 Å². The molecule has 0 aromatic carbocycles. The third-order valence-corrected chi connectivity index (χ3v) is 2.20. The molecule has 8 heteroatoms. The summed E-state index contributed by atoms with van der Waals surface area (Å²) in [6, 6.07) is 1.75. The summed E-state index contributed by atoms with van der Waals surface area (Å²) in [6.45, 7) is 3.58. The molecule has 2 rings (SSSR count). The van der Waals surface area contributed by atoms with Crippen LogP contribution in [0.5, 0.6) is 0 Å². The Labute approximate surface area is 104 Å². The predicted octanol–water partition coefficient (Wildman–Crippen LogP) is -0.178. The van der Waals surface area contributed by atoms with Crippen molar-refractivity contribution in [1.29, 1.82) is 0 Å². The van der Waals surface area contributed by atoms with Crippen molar-refractivity contribution in [2.24, 2.45) is 0 Å². The van der Waals surface area contributed by atoms with Crippen LogP contribution >= 0.6 is 0 Å². The number of aliphatic hydroxyl groups excluding tert-OH is 1. The molecule has 0 unspecified atom stereocenters. The molecule has 0 atom stereocenters. The van der Waals surface area contributed by atoms with Crippen LogP contribution in [0, 0.1) is 0 Å². The van der Waals surface area contributed by atoms with Gasteiger partial charge in [0.15, 0.2) is 0 Å². The fraction of sp³-hybridized carbons (Fsp3) is 0.400. The first-order valence-electron chi connectivity index (χ1n) is 5.41. The fourth-order valence-corrected chi connectivity index (χ4v) is 1.27. The van der Waals surface area contributed by atoms with Gasteiger partial charge in [0.25, 0.3) is 5.95 Å². The molecule has 0 fully saturated rings. The molecular weight excluding hydrogens is 234 g/mol. The van der Waals surface area contributed by atoms with E-state index in [1.165, 1.54) is 4.68 Å². The smallest absolute Gasteiger partial charge is 0.257 e. The molecule has 0 amide bonds. The standard InChI is InChI=1S/C10H15N7O/c1-10(2,6-18)16-8-13-7(11)14-9(15-8)17-5-3-4-12-17/h3-5,18H,6H2,1-2H3,(H3,11,13,14,15,16). The first-order chi connectivity index (χ1) is 8.50. The zero-order chi connectivity index (χ0) is 13.2. The van der Waals surface area contributed by atoms with Gasteiger partial charge in [-0.05, 0) is 19.9 Å². The molecule has 0 spiro atoms. The highest BCUT2D eigenvalue weighted by Gasteiger charge is 2.18. The first kappa shape index (κ1) is 12.2. The second kappa shape index (κ2) is 4.57. The average molecular weight is 249 g/mol. The largest absolute Gasteiger partial charge is 0.394 e. The zero-order valence-corrected chi connectivity index (χ0v) is 10.2. The number of nitrogens with two attached hydrogens (primary N) is 1. The Morgan fingerprint density at radius 3 is 2.78 bits per heavy atom. The molecule has 0 bridgehead atoms. The van der Waals surface area contributed by atoms with Gasteiger partial charge in [-0.25, -0.2) is 4.68 Å². The number of hydrogen-bond donors (Lipinski definition) is 3. The third kappa shape index (κ3) is 2.72. The van der Waals surface area contributed by atoms with Crippen LogP contribution in [-0.2, 0) is 0 Å². The topological polar surface area (TPSA) is 115 Å². The summed E-state index contributed by atoms with van der Waals surface area (Å²) < 4.78 is 1.48. The van der Waals surface area contributed by atoms with E-state index in [0.29, 0.717) is 11.9 Å². The molecule has 2 aromatic heterocycles. The number of hydrogen-bond acceptors (Lipinski definition) is 7. The Morgan fingerprint density at radius 2 is 2.17 bits per heavy atom. The van der Waals surface area contributed by atoms with Crippen molar-refractivity contribution in [3.8, 4) is 5.95 Å². The van der Waals surface area contributed by atoms with Gasteiger partial charge >= 0.3 is 0 Å². The van der Waals surface area contributed by atoms with Crippen molar-refractivity contribution in [2.75, 3.05) is 17.7 Å². The number of rotatable bonds is 4. The minimum Gasteiger partial charge on any atom is -0.394 e. The number of nitrogens with one attached hydrogen (secondary N) is 1. The van der Waals surface area contributed by atoms with Crippen LogP contribution < -0.4 is 11.1 Å². The second-order valence-corrected chi connectivity index (χ2v) is 4.43. The number of aliphatic hydroxyl groups is 1. The van der Waals surface area contributed by atoms with Crippen molar-refractivity contribution < 1.29 is 5.11 Å². The maximum absolute atomic E-state index is 9.20. The Hall–Kier alpha value is -2.22. The number of nitrogens with zero attached hydrogens (tertiary/aromatic N) is 5. The highest BCUT2D eigenvalue weighted by atomic mass is 16.3. The van der Waals surface area contributed by atoms with Gasteiger partial charge in [-0.1, -0.05) is 0 Å². The van der Waals surface area contributed by atoms with Gasteiger partial charge in [0.2, 0.25) is 11.9 Å². The molecular formula is C10H15N7O. The number of aromatic nitrogens is 5. The van der Waals surface area contributed by atoms with E-state index >= 15 is 0 Å². The van der Waals surface area contributed by atoms with Crippen molar-refractivity contribution >= 4 is 11.9 Å². The van der Waals surface area contributed by atoms with E-state index in [1.54, 1.807) is 18.5 Å². The van der Waals surface area contributed by atoms with Gasteiger partial charge in [-0.15, -0.1) is 0 Å². The lowest BCUT2D eigenvalue weighted by Crippen LogP contribution is -2.36. The lowest BCUT2D eigenvalue weighted by Gasteiger charge is -2.23. The summed E-state index contributed by atoms with van der Waals surface area (Å²) in [4.78, 5) is 12.1. The molecule has 8 nitrogen and oxygen atoms in total. The number of anilines is 2. The maximum Gasteiger partial charge on any atom is 0.257 e. The van der Waals surface area contributed by atoms with Crippen LogP contribution in [0.15, 0.2) is 18.5 Å². The second-order valence-electron chi connectivity index (χ2n) is 4.43.